The van der Waals surface area contributed by atoms with Gasteiger partial charge >= 0.3 is 0 Å². The van der Waals surface area contributed by atoms with E-state index in [1.807, 2.05) is 0 Å². The fraction of sp³-hybridized carbons (Fsp3) is 0.474. The number of nitrogens with one attached hydrogen (secondary N) is 1. The van der Waals surface area contributed by atoms with E-state index in [1.54, 1.807) is 17.1 Å². The van der Waals surface area contributed by atoms with Gasteiger partial charge in [0.1, 0.15) is 11.9 Å². The van der Waals surface area contributed by atoms with Crippen LogP contribution in [0.4, 0.5) is 4.39 Å². The van der Waals surface area contributed by atoms with E-state index in [0.717, 1.165) is 6.07 Å². The lowest BCUT2D eigenvalue weighted by Gasteiger charge is -2.33. The number of carbonyl (C=O) groups is 2. The van der Waals surface area contributed by atoms with Gasteiger partial charge in [-0.15, -0.1) is 0 Å². The molecule has 0 aliphatic carbocycles. The predicted octanol–water partition coefficient (Wildman–Crippen LogP) is 0.489. The molecule has 0 bridgehead atoms. The van der Waals surface area contributed by atoms with Crippen LogP contribution in [0.5, 0.6) is 0 Å². The maximum Gasteiger partial charge on any atom is 0.251 e. The highest BCUT2D eigenvalue weighted by Crippen LogP contribution is 2.17. The number of aliphatic hydroxyl groups excluding tert-OH is 1. The molecular weight excluding hydrogens is 355 g/mol. The molecule has 2 aliphatic heterocycles. The summed E-state index contributed by atoms with van der Waals surface area (Å²) in [6.07, 6.45) is 2.42. The summed E-state index contributed by atoms with van der Waals surface area (Å²) in [6.45, 7) is 1.86. The van der Waals surface area contributed by atoms with Crippen LogP contribution in [0.2, 0.25) is 0 Å². The first-order chi connectivity index (χ1) is 13.1. The normalized spacial score (nSPS) is 25.3. The molecule has 2 amide bonds. The summed E-state index contributed by atoms with van der Waals surface area (Å²) in [5.74, 6) is -1.00. The number of amides is 2. The van der Waals surface area contributed by atoms with Crippen molar-refractivity contribution in [2.24, 2.45) is 0 Å². The smallest absolute Gasteiger partial charge is 0.251 e. The average molecular weight is 378 g/mol. The molecule has 1 aromatic rings. The molecule has 0 spiro atoms. The van der Waals surface area contributed by atoms with Crippen molar-refractivity contribution in [3.05, 3.63) is 47.8 Å². The fourth-order valence-electron chi connectivity index (χ4n) is 3.11. The third kappa shape index (κ3) is 5.12. The first-order valence-corrected chi connectivity index (χ1v) is 8.93. The zero-order chi connectivity index (χ0) is 19.2. The van der Waals surface area contributed by atoms with Gasteiger partial charge in [-0.25, -0.2) is 4.39 Å². The van der Waals surface area contributed by atoms with Crippen LogP contribution in [0.1, 0.15) is 16.8 Å². The maximum atomic E-state index is 13.3. The molecule has 3 atom stereocenters. The zero-order valence-electron chi connectivity index (χ0n) is 14.8. The average Bonchev–Trinajstić information content (AvgIpc) is 2.69. The molecule has 0 unspecified atom stereocenters. The van der Waals surface area contributed by atoms with Crippen molar-refractivity contribution >= 4 is 11.8 Å². The van der Waals surface area contributed by atoms with E-state index in [1.165, 1.54) is 18.2 Å². The first kappa shape index (κ1) is 19.5. The quantitative estimate of drug-likeness (QED) is 0.728. The van der Waals surface area contributed by atoms with Crippen LogP contribution in [0.25, 0.3) is 0 Å². The van der Waals surface area contributed by atoms with E-state index in [0.29, 0.717) is 26.3 Å². The highest BCUT2D eigenvalue weighted by molar-refractivity contribution is 5.94. The summed E-state index contributed by atoms with van der Waals surface area (Å²) >= 11 is 0. The van der Waals surface area contributed by atoms with E-state index < -0.39 is 30.0 Å². The number of aliphatic hydroxyl groups is 1. The molecular formula is C19H23FN2O5. The molecule has 8 heteroatoms. The van der Waals surface area contributed by atoms with Gasteiger partial charge in [0.25, 0.3) is 5.91 Å². The van der Waals surface area contributed by atoms with Crippen LogP contribution in [0.15, 0.2) is 36.4 Å². The lowest BCUT2D eigenvalue weighted by atomic mass is 10.0. The monoisotopic (exact) mass is 378 g/mol. The number of hydrogen-bond acceptors (Lipinski definition) is 5. The molecule has 0 saturated carbocycles. The van der Waals surface area contributed by atoms with Crippen molar-refractivity contribution in [3.8, 4) is 0 Å². The molecule has 7 nitrogen and oxygen atoms in total. The lowest BCUT2D eigenvalue weighted by molar-refractivity contribution is -0.139. The fourth-order valence-corrected chi connectivity index (χ4v) is 3.11. The lowest BCUT2D eigenvalue weighted by Crippen LogP contribution is -2.49. The summed E-state index contributed by atoms with van der Waals surface area (Å²) in [6, 6.07) is 4.78. The second kappa shape index (κ2) is 9.07. The molecule has 1 aromatic carbocycles. The third-order valence-electron chi connectivity index (χ3n) is 4.59. The molecule has 1 saturated heterocycles. The number of morpholine rings is 1. The highest BCUT2D eigenvalue weighted by atomic mass is 19.1. The summed E-state index contributed by atoms with van der Waals surface area (Å²) in [5.41, 5.74) is 0.185. The van der Waals surface area contributed by atoms with Crippen LogP contribution >= 0.6 is 0 Å². The summed E-state index contributed by atoms with van der Waals surface area (Å²) in [7, 11) is 0. The van der Waals surface area contributed by atoms with Gasteiger partial charge in [-0.05, 0) is 18.2 Å². The van der Waals surface area contributed by atoms with Crippen molar-refractivity contribution in [1.82, 2.24) is 10.2 Å². The number of ether oxygens (including phenoxy) is 2. The Kier molecular flexibility index (Phi) is 6.54. The maximum absolute atomic E-state index is 13.3. The largest absolute Gasteiger partial charge is 0.394 e. The first-order valence-electron chi connectivity index (χ1n) is 8.93. The molecule has 0 aromatic heterocycles. The number of carbonyl (C=O) groups excluding carboxylic acids is 2. The number of benzene rings is 1. The number of hydrogen-bond donors (Lipinski definition) is 2. The van der Waals surface area contributed by atoms with Crippen LogP contribution < -0.4 is 5.32 Å². The van der Waals surface area contributed by atoms with Gasteiger partial charge in [0.15, 0.2) is 0 Å². The second-order valence-electron chi connectivity index (χ2n) is 6.49. The summed E-state index contributed by atoms with van der Waals surface area (Å²) in [4.78, 5) is 26.3. The zero-order valence-corrected chi connectivity index (χ0v) is 14.8. The second-order valence-corrected chi connectivity index (χ2v) is 6.49. The Balaban J connectivity index is 1.59. The van der Waals surface area contributed by atoms with Crippen LogP contribution in [-0.2, 0) is 14.3 Å². The van der Waals surface area contributed by atoms with Crippen LogP contribution in [0.3, 0.4) is 0 Å². The van der Waals surface area contributed by atoms with Crippen LogP contribution in [-0.4, -0.2) is 73.0 Å². The van der Waals surface area contributed by atoms with Gasteiger partial charge in [0.2, 0.25) is 5.91 Å². The number of rotatable bonds is 5. The van der Waals surface area contributed by atoms with E-state index in [9.17, 15) is 19.1 Å². The van der Waals surface area contributed by atoms with Gasteiger partial charge in [0, 0.05) is 18.7 Å². The van der Waals surface area contributed by atoms with Gasteiger partial charge < -0.3 is 24.8 Å². The van der Waals surface area contributed by atoms with Gasteiger partial charge in [0.05, 0.1) is 38.4 Å². The Hall–Kier alpha value is -2.29. The SMILES string of the molecule is O=C(N[C@@H]1C=C[C@H](CC(=O)N2CCOCC2)O[C@@H]1CO)c1cccc(F)c1. The molecule has 2 heterocycles. The predicted molar refractivity (Wildman–Crippen MR) is 94.6 cm³/mol. The standard InChI is InChI=1S/C19H23FN2O5/c20-14-3-1-2-13(10-14)19(25)21-16-5-4-15(27-17(16)12-23)11-18(24)22-6-8-26-9-7-22/h1-5,10,15-17,23H,6-9,11-12H2,(H,21,25)/t15-,16-,17-/m1/s1. The van der Waals surface area contributed by atoms with Crippen molar-refractivity contribution in [3.63, 3.8) is 0 Å². The molecule has 146 valence electrons. The number of nitrogens with zero attached hydrogens (tertiary/aromatic N) is 1. The van der Waals surface area contributed by atoms with E-state index in [4.69, 9.17) is 9.47 Å². The van der Waals surface area contributed by atoms with E-state index >= 15 is 0 Å². The minimum absolute atomic E-state index is 0.0353. The molecule has 0 radical (unpaired) electrons. The summed E-state index contributed by atoms with van der Waals surface area (Å²) < 4.78 is 24.3. The minimum Gasteiger partial charge on any atom is -0.394 e. The van der Waals surface area contributed by atoms with Gasteiger partial charge in [-0.1, -0.05) is 18.2 Å². The van der Waals surface area contributed by atoms with Crippen LogP contribution in [0, 0.1) is 5.82 Å². The van der Waals surface area contributed by atoms with Crippen molar-refractivity contribution in [1.29, 1.82) is 0 Å². The Morgan fingerprint density at radius 1 is 1.26 bits per heavy atom. The van der Waals surface area contributed by atoms with E-state index in [-0.39, 0.29) is 24.5 Å². The molecule has 2 aliphatic rings. The highest BCUT2D eigenvalue weighted by Gasteiger charge is 2.30. The Morgan fingerprint density at radius 3 is 2.74 bits per heavy atom. The Bertz CT molecular complexity index is 705. The van der Waals surface area contributed by atoms with Crippen molar-refractivity contribution in [2.75, 3.05) is 32.9 Å². The Morgan fingerprint density at radius 2 is 2.04 bits per heavy atom. The summed E-state index contributed by atoms with van der Waals surface area (Å²) in [5, 5.41) is 12.3. The molecule has 3 rings (SSSR count). The topological polar surface area (TPSA) is 88.1 Å². The Labute approximate surface area is 156 Å². The third-order valence-corrected chi connectivity index (χ3v) is 4.59. The molecule has 2 N–H and O–H groups in total. The van der Waals surface area contributed by atoms with Crippen molar-refractivity contribution in [2.45, 2.75) is 24.7 Å². The van der Waals surface area contributed by atoms with Crippen molar-refractivity contribution < 1.29 is 28.6 Å². The molecule has 27 heavy (non-hydrogen) atoms. The minimum atomic E-state index is -0.685. The number of halogens is 1. The van der Waals surface area contributed by atoms with E-state index in [2.05, 4.69) is 5.32 Å². The molecule has 1 fully saturated rings. The van der Waals surface area contributed by atoms with Gasteiger partial charge in [-0.2, -0.15) is 0 Å². The van der Waals surface area contributed by atoms with Gasteiger partial charge in [-0.3, -0.25) is 9.59 Å².